The van der Waals surface area contributed by atoms with E-state index >= 15 is 0 Å². The Morgan fingerprint density at radius 3 is 2.75 bits per heavy atom. The number of rotatable bonds is 6. The van der Waals surface area contributed by atoms with Crippen LogP contribution in [0.2, 0.25) is 0 Å². The highest BCUT2D eigenvalue weighted by Gasteiger charge is 1.99. The van der Waals surface area contributed by atoms with Gasteiger partial charge in [-0.3, -0.25) is 0 Å². The summed E-state index contributed by atoms with van der Waals surface area (Å²) >= 11 is 0. The third-order valence-electron chi connectivity index (χ3n) is 1.82. The van der Waals surface area contributed by atoms with Crippen LogP contribution in [0.15, 0.2) is 36.6 Å². The molecule has 0 aromatic heterocycles. The van der Waals surface area contributed by atoms with E-state index in [0.29, 0.717) is 6.61 Å². The Labute approximate surface area is 95.7 Å². The van der Waals surface area contributed by atoms with Gasteiger partial charge in [-0.1, -0.05) is 37.3 Å². The van der Waals surface area contributed by atoms with Gasteiger partial charge in [-0.15, -0.1) is 0 Å². The first-order valence-corrected chi connectivity index (χ1v) is 5.31. The second kappa shape index (κ2) is 7.51. The third-order valence-corrected chi connectivity index (χ3v) is 1.82. The van der Waals surface area contributed by atoms with Crippen molar-refractivity contribution in [3.8, 4) is 0 Å². The summed E-state index contributed by atoms with van der Waals surface area (Å²) < 4.78 is 9.89. The lowest BCUT2D eigenvalue weighted by molar-refractivity contribution is -0.147. The zero-order valence-electron chi connectivity index (χ0n) is 9.39. The van der Waals surface area contributed by atoms with Crippen LogP contribution in [0, 0.1) is 0 Å². The largest absolute Gasteiger partial charge is 0.489 e. The normalized spacial score (nSPS) is 10.3. The molecule has 0 fully saturated rings. The fraction of sp³-hybridized carbons (Fsp3) is 0.308. The van der Waals surface area contributed by atoms with Crippen molar-refractivity contribution in [3.05, 3.63) is 42.2 Å². The monoisotopic (exact) mass is 220 g/mol. The molecule has 0 heterocycles. The zero-order chi connectivity index (χ0) is 11.6. The molecule has 0 saturated carbocycles. The highest BCUT2D eigenvalue weighted by molar-refractivity contribution is 5.70. The minimum absolute atomic E-state index is 0.0384. The van der Waals surface area contributed by atoms with Crippen LogP contribution >= 0.6 is 0 Å². The molecule has 0 aliphatic carbocycles. The summed E-state index contributed by atoms with van der Waals surface area (Å²) in [6.07, 6.45) is 4.13. The number of esters is 1. The van der Waals surface area contributed by atoms with Crippen LogP contribution in [0.25, 0.3) is 6.08 Å². The summed E-state index contributed by atoms with van der Waals surface area (Å²) in [5.41, 5.74) is 1.03. The average Bonchev–Trinajstić information content (AvgIpc) is 2.33. The van der Waals surface area contributed by atoms with Gasteiger partial charge in [-0.25, -0.2) is 4.79 Å². The number of ether oxygens (including phenoxy) is 2. The van der Waals surface area contributed by atoms with Crippen molar-refractivity contribution >= 4 is 12.0 Å². The lowest BCUT2D eigenvalue weighted by Crippen LogP contribution is -2.11. The van der Waals surface area contributed by atoms with Crippen LogP contribution in [0.5, 0.6) is 0 Å². The van der Waals surface area contributed by atoms with E-state index in [1.165, 1.54) is 6.26 Å². The number of carbonyl (C=O) groups excluding carboxylic acids is 1. The van der Waals surface area contributed by atoms with E-state index in [4.69, 9.17) is 9.47 Å². The van der Waals surface area contributed by atoms with Crippen LogP contribution in [0.1, 0.15) is 18.9 Å². The van der Waals surface area contributed by atoms with Crippen molar-refractivity contribution in [2.45, 2.75) is 13.3 Å². The van der Waals surface area contributed by atoms with Crippen LogP contribution in [0.3, 0.4) is 0 Å². The Morgan fingerprint density at radius 1 is 1.31 bits per heavy atom. The van der Waals surface area contributed by atoms with Crippen LogP contribution < -0.4 is 0 Å². The van der Waals surface area contributed by atoms with Gasteiger partial charge in [0.05, 0.1) is 12.9 Å². The maximum atomic E-state index is 11.0. The topological polar surface area (TPSA) is 35.5 Å². The van der Waals surface area contributed by atoms with E-state index in [1.54, 1.807) is 6.08 Å². The summed E-state index contributed by atoms with van der Waals surface area (Å²) in [4.78, 5) is 11.0. The SMILES string of the molecule is CCCOC(=O)COC=Cc1ccccc1. The maximum absolute atomic E-state index is 11.0. The molecule has 0 saturated heterocycles. The van der Waals surface area contributed by atoms with E-state index in [2.05, 4.69) is 0 Å². The van der Waals surface area contributed by atoms with Gasteiger partial charge in [0, 0.05) is 0 Å². The second-order valence-corrected chi connectivity index (χ2v) is 3.24. The molecule has 0 bridgehead atoms. The van der Waals surface area contributed by atoms with Crippen molar-refractivity contribution in [3.63, 3.8) is 0 Å². The molecule has 0 unspecified atom stereocenters. The standard InChI is InChI=1S/C13H16O3/c1-2-9-16-13(14)11-15-10-8-12-6-4-3-5-7-12/h3-8,10H,2,9,11H2,1H3. The molecule has 0 aliphatic rings. The molecule has 0 atom stereocenters. The van der Waals surface area contributed by atoms with E-state index in [0.717, 1.165) is 12.0 Å². The average molecular weight is 220 g/mol. The van der Waals surface area contributed by atoms with Gasteiger partial charge in [0.2, 0.25) is 0 Å². The van der Waals surface area contributed by atoms with Crippen LogP contribution in [-0.4, -0.2) is 19.2 Å². The maximum Gasteiger partial charge on any atom is 0.344 e. The van der Waals surface area contributed by atoms with E-state index < -0.39 is 0 Å². The molecule has 0 amide bonds. The quantitative estimate of drug-likeness (QED) is 0.546. The zero-order valence-corrected chi connectivity index (χ0v) is 9.39. The molecule has 3 heteroatoms. The Morgan fingerprint density at radius 2 is 2.06 bits per heavy atom. The Bertz CT molecular complexity index is 330. The van der Waals surface area contributed by atoms with Crippen molar-refractivity contribution in [1.82, 2.24) is 0 Å². The molecule has 86 valence electrons. The first kappa shape index (κ1) is 12.3. The van der Waals surface area contributed by atoms with Gasteiger partial charge in [-0.2, -0.15) is 0 Å². The van der Waals surface area contributed by atoms with E-state index in [-0.39, 0.29) is 12.6 Å². The van der Waals surface area contributed by atoms with Crippen molar-refractivity contribution in [2.75, 3.05) is 13.2 Å². The highest BCUT2D eigenvalue weighted by Crippen LogP contribution is 2.00. The van der Waals surface area contributed by atoms with Gasteiger partial charge in [0.1, 0.15) is 0 Å². The second-order valence-electron chi connectivity index (χ2n) is 3.24. The summed E-state index contributed by atoms with van der Waals surface area (Å²) in [5, 5.41) is 0. The van der Waals surface area contributed by atoms with E-state index in [1.807, 2.05) is 37.3 Å². The molecule has 0 spiro atoms. The van der Waals surface area contributed by atoms with E-state index in [9.17, 15) is 4.79 Å². The number of carbonyl (C=O) groups is 1. The Hall–Kier alpha value is -1.77. The highest BCUT2D eigenvalue weighted by atomic mass is 16.6. The molecule has 16 heavy (non-hydrogen) atoms. The molecule has 1 aromatic carbocycles. The smallest absolute Gasteiger partial charge is 0.344 e. The van der Waals surface area contributed by atoms with Crippen molar-refractivity contribution in [1.29, 1.82) is 0 Å². The molecular formula is C13H16O3. The summed E-state index contributed by atoms with van der Waals surface area (Å²) in [5.74, 6) is -0.334. The van der Waals surface area contributed by atoms with Crippen molar-refractivity contribution < 1.29 is 14.3 Å². The molecule has 3 nitrogen and oxygen atoms in total. The minimum atomic E-state index is -0.334. The fourth-order valence-corrected chi connectivity index (χ4v) is 1.06. The molecule has 1 aromatic rings. The molecular weight excluding hydrogens is 204 g/mol. The first-order chi connectivity index (χ1) is 7.83. The molecule has 0 aliphatic heterocycles. The van der Waals surface area contributed by atoms with Crippen molar-refractivity contribution in [2.24, 2.45) is 0 Å². The van der Waals surface area contributed by atoms with Gasteiger partial charge in [-0.05, 0) is 18.1 Å². The number of benzene rings is 1. The Balaban J connectivity index is 2.20. The predicted octanol–water partition coefficient (Wildman–Crippen LogP) is 2.63. The summed E-state index contributed by atoms with van der Waals surface area (Å²) in [6, 6.07) is 9.73. The molecule has 0 N–H and O–H groups in total. The van der Waals surface area contributed by atoms with Gasteiger partial charge >= 0.3 is 5.97 Å². The summed E-state index contributed by atoms with van der Waals surface area (Å²) in [6.45, 7) is 2.36. The number of hydrogen-bond acceptors (Lipinski definition) is 3. The fourth-order valence-electron chi connectivity index (χ4n) is 1.06. The Kier molecular flexibility index (Phi) is 5.78. The summed E-state index contributed by atoms with van der Waals surface area (Å²) in [7, 11) is 0. The molecule has 0 radical (unpaired) electrons. The lowest BCUT2D eigenvalue weighted by atomic mass is 10.2. The third kappa shape index (κ3) is 5.20. The van der Waals surface area contributed by atoms with Gasteiger partial charge < -0.3 is 9.47 Å². The van der Waals surface area contributed by atoms with Gasteiger partial charge in [0.15, 0.2) is 6.61 Å². The lowest BCUT2D eigenvalue weighted by Gasteiger charge is -2.01. The van der Waals surface area contributed by atoms with Crippen LogP contribution in [0.4, 0.5) is 0 Å². The number of hydrogen-bond donors (Lipinski definition) is 0. The first-order valence-electron chi connectivity index (χ1n) is 5.31. The van der Waals surface area contributed by atoms with Crippen LogP contribution in [-0.2, 0) is 14.3 Å². The van der Waals surface area contributed by atoms with Gasteiger partial charge in [0.25, 0.3) is 0 Å². The molecule has 1 rings (SSSR count). The predicted molar refractivity (Wildman–Crippen MR) is 62.7 cm³/mol. The minimum Gasteiger partial charge on any atom is -0.489 e.